The quantitative estimate of drug-likeness (QED) is 0.491. The highest BCUT2D eigenvalue weighted by Crippen LogP contribution is 2.23. The summed E-state index contributed by atoms with van der Waals surface area (Å²) >= 11 is 0. The monoisotopic (exact) mass is 484 g/mol. The van der Waals surface area contributed by atoms with E-state index in [-0.39, 0.29) is 16.5 Å². The summed E-state index contributed by atoms with van der Waals surface area (Å²) in [5.41, 5.74) is 2.78. The maximum Gasteiger partial charge on any atom is 0.338 e. The summed E-state index contributed by atoms with van der Waals surface area (Å²) in [6.45, 7) is 6.57. The molecule has 0 saturated carbocycles. The molecule has 0 spiro atoms. The molecule has 0 aliphatic heterocycles. The Balaban J connectivity index is 1.68. The number of hydrogen-bond acceptors (Lipinski definition) is 6. The van der Waals surface area contributed by atoms with E-state index < -0.39 is 28.5 Å². The lowest BCUT2D eigenvalue weighted by atomic mass is 10.2. The number of anilines is 1. The zero-order valence-corrected chi connectivity index (χ0v) is 20.6. The highest BCUT2D eigenvalue weighted by Gasteiger charge is 2.24. The van der Waals surface area contributed by atoms with E-state index >= 15 is 0 Å². The molecule has 180 valence electrons. The van der Waals surface area contributed by atoms with Crippen molar-refractivity contribution in [2.45, 2.75) is 38.6 Å². The predicted molar refractivity (Wildman–Crippen MR) is 128 cm³/mol. The van der Waals surface area contributed by atoms with Crippen molar-refractivity contribution in [2.75, 3.05) is 19.0 Å². The minimum atomic E-state index is -3.76. The van der Waals surface area contributed by atoms with Gasteiger partial charge in [-0.3, -0.25) is 4.79 Å². The lowest BCUT2D eigenvalue weighted by molar-refractivity contribution is -0.119. The smallest absolute Gasteiger partial charge is 0.338 e. The summed E-state index contributed by atoms with van der Waals surface area (Å²) in [4.78, 5) is 24.9. The summed E-state index contributed by atoms with van der Waals surface area (Å²) in [5, 5.41) is 7.21. The Labute approximate surface area is 199 Å². The van der Waals surface area contributed by atoms with Gasteiger partial charge in [-0.25, -0.2) is 17.9 Å². The minimum absolute atomic E-state index is 0.0258. The first-order chi connectivity index (χ1) is 16.0. The molecule has 0 fully saturated rings. The van der Waals surface area contributed by atoms with Gasteiger partial charge in [0.25, 0.3) is 5.91 Å². The van der Waals surface area contributed by atoms with Crippen LogP contribution in [-0.4, -0.2) is 54.1 Å². The summed E-state index contributed by atoms with van der Waals surface area (Å²) in [6.07, 6.45) is 0. The molecule has 1 aromatic heterocycles. The third kappa shape index (κ3) is 5.35. The highest BCUT2D eigenvalue weighted by molar-refractivity contribution is 7.89. The number of nitrogens with zero attached hydrogens (tertiary/aromatic N) is 3. The molecule has 1 N–H and O–H groups in total. The number of rotatable bonds is 8. The van der Waals surface area contributed by atoms with Crippen molar-refractivity contribution >= 4 is 27.6 Å². The molecule has 0 aliphatic rings. The molecule has 0 aliphatic carbocycles. The topological polar surface area (TPSA) is 111 Å². The van der Waals surface area contributed by atoms with Gasteiger partial charge in [-0.1, -0.05) is 24.3 Å². The first kappa shape index (κ1) is 25.1. The van der Waals surface area contributed by atoms with Gasteiger partial charge >= 0.3 is 5.97 Å². The molecule has 1 heterocycles. The lowest BCUT2D eigenvalue weighted by Gasteiger charge is -2.21. The molecule has 0 unspecified atom stereocenters. The molecular weight excluding hydrogens is 456 g/mol. The fourth-order valence-corrected chi connectivity index (χ4v) is 4.68. The molecular formula is C24H28N4O5S. The van der Waals surface area contributed by atoms with Crippen molar-refractivity contribution in [2.24, 2.45) is 0 Å². The first-order valence-electron chi connectivity index (χ1n) is 10.7. The van der Waals surface area contributed by atoms with E-state index in [2.05, 4.69) is 10.4 Å². The molecule has 0 bridgehead atoms. The third-order valence-corrected chi connectivity index (χ3v) is 7.39. The Morgan fingerprint density at radius 3 is 2.41 bits per heavy atom. The number of carbonyl (C=O) groups excluding carboxylic acids is 2. The first-order valence-corrected chi connectivity index (χ1v) is 12.1. The predicted octanol–water partition coefficient (Wildman–Crippen LogP) is 3.31. The van der Waals surface area contributed by atoms with Crippen molar-refractivity contribution in [3.63, 3.8) is 0 Å². The number of hydrogen-bond donors (Lipinski definition) is 1. The fraction of sp³-hybridized carbons (Fsp3) is 0.292. The molecule has 0 atom stereocenters. The van der Waals surface area contributed by atoms with Crippen molar-refractivity contribution < 1.29 is 22.7 Å². The highest BCUT2D eigenvalue weighted by atomic mass is 32.2. The number of carbonyl (C=O) groups is 2. The molecule has 9 nitrogen and oxygen atoms in total. The number of benzene rings is 2. The number of aromatic nitrogens is 2. The van der Waals surface area contributed by atoms with Gasteiger partial charge in [-0.05, 0) is 58.0 Å². The average Bonchev–Trinajstić information content (AvgIpc) is 3.10. The van der Waals surface area contributed by atoms with Crippen LogP contribution in [0.25, 0.3) is 5.69 Å². The number of nitrogens with one attached hydrogen (secondary N) is 1. The van der Waals surface area contributed by atoms with Crippen molar-refractivity contribution in [1.82, 2.24) is 14.1 Å². The fourth-order valence-electron chi connectivity index (χ4n) is 3.26. The minimum Gasteiger partial charge on any atom is -0.452 e. The van der Waals surface area contributed by atoms with Gasteiger partial charge in [0, 0.05) is 13.1 Å². The second-order valence-electron chi connectivity index (χ2n) is 8.06. The van der Waals surface area contributed by atoms with Crippen molar-refractivity contribution in [1.29, 1.82) is 0 Å². The maximum absolute atomic E-state index is 12.7. The van der Waals surface area contributed by atoms with E-state index in [1.165, 1.54) is 35.6 Å². The average molecular weight is 485 g/mol. The summed E-state index contributed by atoms with van der Waals surface area (Å²) < 4.78 is 33.4. The van der Waals surface area contributed by atoms with Crippen LogP contribution in [-0.2, 0) is 19.6 Å². The van der Waals surface area contributed by atoms with Crippen LogP contribution in [0.3, 0.4) is 0 Å². The van der Waals surface area contributed by atoms with Crippen LogP contribution < -0.4 is 5.32 Å². The van der Waals surface area contributed by atoms with Gasteiger partial charge in [0.05, 0.1) is 33.2 Å². The van der Waals surface area contributed by atoms with E-state index in [1.54, 1.807) is 25.5 Å². The molecule has 2 aromatic carbocycles. The number of sulfonamides is 1. The number of esters is 1. The van der Waals surface area contributed by atoms with Gasteiger partial charge < -0.3 is 10.1 Å². The van der Waals surface area contributed by atoms with Crippen LogP contribution in [0.5, 0.6) is 0 Å². The van der Waals surface area contributed by atoms with Crippen LogP contribution >= 0.6 is 0 Å². The lowest BCUT2D eigenvalue weighted by Crippen LogP contribution is -2.33. The normalized spacial score (nSPS) is 11.6. The summed E-state index contributed by atoms with van der Waals surface area (Å²) in [6, 6.07) is 14.8. The Morgan fingerprint density at radius 1 is 1.09 bits per heavy atom. The van der Waals surface area contributed by atoms with Crippen LogP contribution in [0.4, 0.5) is 5.69 Å². The molecule has 0 saturated heterocycles. The van der Waals surface area contributed by atoms with Gasteiger partial charge in [0.1, 0.15) is 0 Å². The van der Waals surface area contributed by atoms with E-state index in [0.717, 1.165) is 11.4 Å². The Hall–Kier alpha value is -3.50. The Bertz CT molecular complexity index is 1300. The molecule has 3 aromatic rings. The number of ether oxygens (including phenoxy) is 1. The molecule has 3 rings (SSSR count). The van der Waals surface area contributed by atoms with Crippen molar-refractivity contribution in [3.8, 4) is 5.69 Å². The number of aryl methyl sites for hydroxylation is 1. The van der Waals surface area contributed by atoms with Gasteiger partial charge in [0.15, 0.2) is 6.61 Å². The number of amides is 1. The van der Waals surface area contributed by atoms with Crippen molar-refractivity contribution in [3.05, 3.63) is 71.5 Å². The van der Waals surface area contributed by atoms with Crippen LogP contribution in [0.15, 0.2) is 59.5 Å². The Kier molecular flexibility index (Phi) is 7.53. The van der Waals surface area contributed by atoms with E-state index in [0.29, 0.717) is 11.4 Å². The molecule has 10 heteroatoms. The SMILES string of the molecule is Cc1nn(-c2ccccc2)c(C)c1NC(=O)COC(=O)c1cccc(S(=O)(=O)N(C)C(C)C)c1. The van der Waals surface area contributed by atoms with Gasteiger partial charge in [-0.2, -0.15) is 9.40 Å². The second-order valence-corrected chi connectivity index (χ2v) is 10.1. The van der Waals surface area contributed by atoms with E-state index in [1.807, 2.05) is 37.3 Å². The maximum atomic E-state index is 12.7. The summed E-state index contributed by atoms with van der Waals surface area (Å²) in [5.74, 6) is -1.33. The van der Waals surface area contributed by atoms with Gasteiger partial charge in [-0.15, -0.1) is 0 Å². The summed E-state index contributed by atoms with van der Waals surface area (Å²) in [7, 11) is -2.29. The zero-order chi connectivity index (χ0) is 25.0. The second kappa shape index (κ2) is 10.2. The largest absolute Gasteiger partial charge is 0.452 e. The van der Waals surface area contributed by atoms with E-state index in [9.17, 15) is 18.0 Å². The zero-order valence-electron chi connectivity index (χ0n) is 19.8. The molecule has 34 heavy (non-hydrogen) atoms. The van der Waals surface area contributed by atoms with Crippen LogP contribution in [0, 0.1) is 13.8 Å². The molecule has 0 radical (unpaired) electrons. The van der Waals surface area contributed by atoms with Crippen LogP contribution in [0.1, 0.15) is 35.6 Å². The standard InChI is InChI=1S/C24H28N4O5S/c1-16(2)27(5)34(31,32)21-13-9-10-19(14-21)24(30)33-15-22(29)25-23-17(3)26-28(18(23)4)20-11-7-6-8-12-20/h6-14,16H,15H2,1-5H3,(H,25,29). The van der Waals surface area contributed by atoms with E-state index in [4.69, 9.17) is 4.74 Å². The third-order valence-electron chi connectivity index (χ3n) is 5.36. The number of para-hydroxylation sites is 1. The Morgan fingerprint density at radius 2 is 1.76 bits per heavy atom. The van der Waals surface area contributed by atoms with Gasteiger partial charge in [0.2, 0.25) is 10.0 Å². The van der Waals surface area contributed by atoms with Crippen LogP contribution in [0.2, 0.25) is 0 Å². The molecule has 1 amide bonds.